The van der Waals surface area contributed by atoms with Gasteiger partial charge in [0.15, 0.2) is 0 Å². The lowest BCUT2D eigenvalue weighted by Crippen LogP contribution is -2.27. The van der Waals surface area contributed by atoms with Crippen molar-refractivity contribution < 1.29 is 4.39 Å². The summed E-state index contributed by atoms with van der Waals surface area (Å²) in [6.45, 7) is 7.21. The molecule has 1 N–H and O–H groups in total. The van der Waals surface area contributed by atoms with E-state index < -0.39 is 0 Å². The maximum Gasteiger partial charge on any atom is 0.124 e. The van der Waals surface area contributed by atoms with Crippen molar-refractivity contribution in [3.8, 4) is 11.1 Å². The molecule has 0 aliphatic rings. The van der Waals surface area contributed by atoms with E-state index in [2.05, 4.69) is 43.4 Å². The molecule has 1 atom stereocenters. The highest BCUT2D eigenvalue weighted by Gasteiger charge is 2.04. The van der Waals surface area contributed by atoms with Gasteiger partial charge in [0.05, 0.1) is 0 Å². The summed E-state index contributed by atoms with van der Waals surface area (Å²) in [5, 5.41) is 3.41. The molecule has 0 spiro atoms. The lowest BCUT2D eigenvalue weighted by molar-refractivity contribution is 0.565. The van der Waals surface area contributed by atoms with Crippen LogP contribution in [0.25, 0.3) is 11.1 Å². The van der Waals surface area contributed by atoms with E-state index in [1.54, 1.807) is 12.1 Å². The molecule has 0 amide bonds. The molecule has 0 aliphatic carbocycles. The third-order valence-corrected chi connectivity index (χ3v) is 3.42. The van der Waals surface area contributed by atoms with Crippen LogP contribution in [0.2, 0.25) is 0 Å². The number of aryl methyl sites for hydroxylation is 1. The average molecular weight is 271 g/mol. The Morgan fingerprint density at radius 3 is 2.35 bits per heavy atom. The quantitative estimate of drug-likeness (QED) is 0.853. The molecular formula is C18H22FN. The predicted octanol–water partition coefficient (Wildman–Crippen LogP) is 4.34. The molecule has 0 aliphatic heterocycles. The number of benzene rings is 2. The van der Waals surface area contributed by atoms with Crippen LogP contribution in [0.3, 0.4) is 0 Å². The Labute approximate surface area is 120 Å². The van der Waals surface area contributed by atoms with E-state index in [4.69, 9.17) is 0 Å². The molecule has 106 valence electrons. The number of halogens is 1. The minimum absolute atomic E-state index is 0.176. The summed E-state index contributed by atoms with van der Waals surface area (Å²) < 4.78 is 13.4. The van der Waals surface area contributed by atoms with Gasteiger partial charge in [-0.15, -0.1) is 0 Å². The van der Waals surface area contributed by atoms with Crippen molar-refractivity contribution in [3.63, 3.8) is 0 Å². The van der Waals surface area contributed by atoms with Crippen molar-refractivity contribution in [1.29, 1.82) is 0 Å². The van der Waals surface area contributed by atoms with Crippen LogP contribution in [-0.2, 0) is 6.42 Å². The van der Waals surface area contributed by atoms with E-state index in [1.807, 2.05) is 13.0 Å². The molecule has 0 radical (unpaired) electrons. The molecular weight excluding hydrogens is 249 g/mol. The summed E-state index contributed by atoms with van der Waals surface area (Å²) >= 11 is 0. The molecule has 2 rings (SSSR count). The predicted molar refractivity (Wildman–Crippen MR) is 83.4 cm³/mol. The van der Waals surface area contributed by atoms with Gasteiger partial charge >= 0.3 is 0 Å². The zero-order valence-corrected chi connectivity index (χ0v) is 12.4. The average Bonchev–Trinajstić information content (AvgIpc) is 2.38. The van der Waals surface area contributed by atoms with Crippen molar-refractivity contribution in [1.82, 2.24) is 5.32 Å². The van der Waals surface area contributed by atoms with Crippen LogP contribution in [0.1, 0.15) is 25.0 Å². The van der Waals surface area contributed by atoms with E-state index in [9.17, 15) is 4.39 Å². The number of rotatable bonds is 5. The Bertz CT molecular complexity index is 540. The van der Waals surface area contributed by atoms with Crippen LogP contribution in [0.5, 0.6) is 0 Å². The first kappa shape index (κ1) is 14.7. The number of nitrogens with one attached hydrogen (secondary N) is 1. The molecule has 2 heteroatoms. The molecule has 1 unspecified atom stereocenters. The standard InChI is InChI=1S/C18H22FN/c1-4-20-14(3)11-15-5-7-16(8-6-15)17-9-13(2)10-18(19)12-17/h5-10,12,14,20H,4,11H2,1-3H3. The van der Waals surface area contributed by atoms with E-state index in [0.717, 1.165) is 29.7 Å². The molecule has 0 aromatic heterocycles. The van der Waals surface area contributed by atoms with Crippen molar-refractivity contribution in [2.24, 2.45) is 0 Å². The summed E-state index contributed by atoms with van der Waals surface area (Å²) in [5.74, 6) is -0.176. The first-order valence-corrected chi connectivity index (χ1v) is 7.18. The largest absolute Gasteiger partial charge is 0.314 e. The van der Waals surface area contributed by atoms with Crippen molar-refractivity contribution in [2.45, 2.75) is 33.2 Å². The summed E-state index contributed by atoms with van der Waals surface area (Å²) in [7, 11) is 0. The first-order valence-electron chi connectivity index (χ1n) is 7.18. The van der Waals surface area contributed by atoms with E-state index in [1.165, 1.54) is 5.56 Å². The van der Waals surface area contributed by atoms with Crippen LogP contribution >= 0.6 is 0 Å². The van der Waals surface area contributed by atoms with E-state index in [0.29, 0.717) is 6.04 Å². The monoisotopic (exact) mass is 271 g/mol. The van der Waals surface area contributed by atoms with Crippen molar-refractivity contribution in [3.05, 3.63) is 59.4 Å². The molecule has 0 saturated heterocycles. The molecule has 0 saturated carbocycles. The minimum atomic E-state index is -0.176. The zero-order chi connectivity index (χ0) is 14.5. The van der Waals surface area contributed by atoms with Crippen LogP contribution in [-0.4, -0.2) is 12.6 Å². The minimum Gasteiger partial charge on any atom is -0.314 e. The van der Waals surface area contributed by atoms with Gasteiger partial charge in [-0.3, -0.25) is 0 Å². The Balaban J connectivity index is 2.15. The Hall–Kier alpha value is -1.67. The van der Waals surface area contributed by atoms with Gasteiger partial charge in [-0.25, -0.2) is 4.39 Å². The summed E-state index contributed by atoms with van der Waals surface area (Å²) in [4.78, 5) is 0. The zero-order valence-electron chi connectivity index (χ0n) is 12.4. The molecule has 20 heavy (non-hydrogen) atoms. The van der Waals surface area contributed by atoms with Crippen LogP contribution in [0.4, 0.5) is 4.39 Å². The van der Waals surface area contributed by atoms with Gasteiger partial charge in [-0.05, 0) is 61.2 Å². The maximum atomic E-state index is 13.4. The number of likely N-dealkylation sites (N-methyl/N-ethyl adjacent to an activating group) is 1. The van der Waals surface area contributed by atoms with Gasteiger partial charge < -0.3 is 5.32 Å². The summed E-state index contributed by atoms with van der Waals surface area (Å²) in [6, 6.07) is 14.0. The highest BCUT2D eigenvalue weighted by molar-refractivity contribution is 5.64. The normalized spacial score (nSPS) is 12.4. The van der Waals surface area contributed by atoms with Crippen molar-refractivity contribution in [2.75, 3.05) is 6.54 Å². The molecule has 0 fully saturated rings. The fraction of sp³-hybridized carbons (Fsp3) is 0.333. The second kappa shape index (κ2) is 6.67. The lowest BCUT2D eigenvalue weighted by Gasteiger charge is -2.12. The van der Waals surface area contributed by atoms with Crippen molar-refractivity contribution >= 4 is 0 Å². The topological polar surface area (TPSA) is 12.0 Å². The Morgan fingerprint density at radius 1 is 1.05 bits per heavy atom. The van der Waals surface area contributed by atoms with Crippen LogP contribution in [0.15, 0.2) is 42.5 Å². The molecule has 0 bridgehead atoms. The molecule has 2 aromatic carbocycles. The number of hydrogen-bond donors (Lipinski definition) is 1. The fourth-order valence-electron chi connectivity index (χ4n) is 2.51. The van der Waals surface area contributed by atoms with Crippen LogP contribution < -0.4 is 5.32 Å². The summed E-state index contributed by atoms with van der Waals surface area (Å²) in [6.07, 6.45) is 1.01. The number of hydrogen-bond acceptors (Lipinski definition) is 1. The molecule has 0 heterocycles. The molecule has 2 aromatic rings. The van der Waals surface area contributed by atoms with E-state index >= 15 is 0 Å². The third kappa shape index (κ3) is 3.91. The maximum absolute atomic E-state index is 13.4. The van der Waals surface area contributed by atoms with E-state index in [-0.39, 0.29) is 5.82 Å². The fourth-order valence-corrected chi connectivity index (χ4v) is 2.51. The molecule has 1 nitrogen and oxygen atoms in total. The Kier molecular flexibility index (Phi) is 4.91. The van der Waals surface area contributed by atoms with Gasteiger partial charge in [0.1, 0.15) is 5.82 Å². The Morgan fingerprint density at radius 2 is 1.75 bits per heavy atom. The second-order valence-corrected chi connectivity index (χ2v) is 5.38. The van der Waals surface area contributed by atoms with Gasteiger partial charge in [-0.1, -0.05) is 37.3 Å². The van der Waals surface area contributed by atoms with Gasteiger partial charge in [-0.2, -0.15) is 0 Å². The SMILES string of the molecule is CCNC(C)Cc1ccc(-c2cc(C)cc(F)c2)cc1. The highest BCUT2D eigenvalue weighted by Crippen LogP contribution is 2.22. The smallest absolute Gasteiger partial charge is 0.124 e. The van der Waals surface area contributed by atoms with Crippen LogP contribution in [0, 0.1) is 12.7 Å². The third-order valence-electron chi connectivity index (χ3n) is 3.42. The second-order valence-electron chi connectivity index (χ2n) is 5.38. The van der Waals surface area contributed by atoms with Gasteiger partial charge in [0.2, 0.25) is 0 Å². The summed E-state index contributed by atoms with van der Waals surface area (Å²) in [5.41, 5.74) is 4.25. The van der Waals surface area contributed by atoms with Gasteiger partial charge in [0, 0.05) is 6.04 Å². The lowest BCUT2D eigenvalue weighted by atomic mass is 10.00. The van der Waals surface area contributed by atoms with Gasteiger partial charge in [0.25, 0.3) is 0 Å². The highest BCUT2D eigenvalue weighted by atomic mass is 19.1. The first-order chi connectivity index (χ1) is 9.58.